The van der Waals surface area contributed by atoms with Crippen molar-refractivity contribution in [1.82, 2.24) is 15.1 Å². The van der Waals surface area contributed by atoms with Crippen LogP contribution in [0.3, 0.4) is 0 Å². The van der Waals surface area contributed by atoms with Crippen LogP contribution < -0.4 is 5.32 Å². The summed E-state index contributed by atoms with van der Waals surface area (Å²) in [5, 5.41) is 3.24. The van der Waals surface area contributed by atoms with E-state index in [-0.39, 0.29) is 17.7 Å². The number of amides is 2. The van der Waals surface area contributed by atoms with Crippen molar-refractivity contribution in [3.8, 4) is 0 Å². The number of hydrogen-bond donors (Lipinski definition) is 1. The highest BCUT2D eigenvalue weighted by atomic mass is 16.2. The van der Waals surface area contributed by atoms with Crippen LogP contribution >= 0.6 is 0 Å². The quantitative estimate of drug-likeness (QED) is 0.829. The highest BCUT2D eigenvalue weighted by molar-refractivity contribution is 5.89. The third-order valence-corrected chi connectivity index (χ3v) is 6.69. The Hall–Kier alpha value is -1.10. The smallest absolute Gasteiger partial charge is 0.225 e. The fraction of sp³-hybridized carbons (Fsp3) is 0.900. The summed E-state index contributed by atoms with van der Waals surface area (Å²) < 4.78 is 0. The van der Waals surface area contributed by atoms with E-state index in [9.17, 15) is 9.59 Å². The van der Waals surface area contributed by atoms with E-state index in [1.54, 1.807) is 0 Å². The molecule has 5 nitrogen and oxygen atoms in total. The average Bonchev–Trinajstić information content (AvgIpc) is 3.39. The summed E-state index contributed by atoms with van der Waals surface area (Å²) in [5.74, 6) is 1.08. The normalized spacial score (nSPS) is 30.0. The second-order valence-electron chi connectivity index (χ2n) is 8.77. The van der Waals surface area contributed by atoms with Crippen molar-refractivity contribution in [3.63, 3.8) is 0 Å². The zero-order valence-corrected chi connectivity index (χ0v) is 15.4. The van der Waals surface area contributed by atoms with Gasteiger partial charge in [-0.05, 0) is 44.4 Å². The first-order chi connectivity index (χ1) is 12.2. The maximum Gasteiger partial charge on any atom is 0.225 e. The number of likely N-dealkylation sites (tertiary alicyclic amines) is 2. The molecule has 4 aliphatic rings. The minimum absolute atomic E-state index is 0.113. The second-order valence-corrected chi connectivity index (χ2v) is 8.77. The molecular formula is C20H33N3O2. The standard InChI is InChI=1S/C20H33N3O2/c24-19-12-16(14-23(19)18-6-7-18)20(25)21-17-8-10-22(11-9-17)13-15-4-2-1-3-5-15/h15-18H,1-14H2,(H,21,25)/t16-/m0/s1. The molecule has 25 heavy (non-hydrogen) atoms. The maximum absolute atomic E-state index is 12.5. The summed E-state index contributed by atoms with van der Waals surface area (Å²) in [5.41, 5.74) is 0. The molecule has 0 aromatic heterocycles. The van der Waals surface area contributed by atoms with Crippen LogP contribution in [-0.2, 0) is 9.59 Å². The van der Waals surface area contributed by atoms with Gasteiger partial charge in [0.2, 0.25) is 11.8 Å². The monoisotopic (exact) mass is 347 g/mol. The van der Waals surface area contributed by atoms with E-state index in [2.05, 4.69) is 10.2 Å². The molecule has 2 heterocycles. The lowest BCUT2D eigenvalue weighted by atomic mass is 9.88. The summed E-state index contributed by atoms with van der Waals surface area (Å²) in [6.07, 6.45) is 11.9. The molecule has 140 valence electrons. The Kier molecular flexibility index (Phi) is 5.30. The Bertz CT molecular complexity index is 491. The minimum Gasteiger partial charge on any atom is -0.353 e. The Morgan fingerprint density at radius 2 is 1.72 bits per heavy atom. The van der Waals surface area contributed by atoms with Gasteiger partial charge in [-0.25, -0.2) is 0 Å². The Morgan fingerprint density at radius 1 is 1.00 bits per heavy atom. The van der Waals surface area contributed by atoms with Crippen molar-refractivity contribution in [2.75, 3.05) is 26.2 Å². The first-order valence-corrected chi connectivity index (χ1v) is 10.5. The highest BCUT2D eigenvalue weighted by Gasteiger charge is 2.42. The molecular weight excluding hydrogens is 314 g/mol. The van der Waals surface area contributed by atoms with Crippen LogP contribution in [0.1, 0.15) is 64.2 Å². The van der Waals surface area contributed by atoms with Gasteiger partial charge in [0.1, 0.15) is 0 Å². The number of piperidine rings is 1. The van der Waals surface area contributed by atoms with Gasteiger partial charge in [0.15, 0.2) is 0 Å². The molecule has 0 spiro atoms. The third-order valence-electron chi connectivity index (χ3n) is 6.69. The summed E-state index contributed by atoms with van der Waals surface area (Å²) >= 11 is 0. The van der Waals surface area contributed by atoms with E-state index in [0.717, 1.165) is 44.7 Å². The largest absolute Gasteiger partial charge is 0.353 e. The zero-order valence-electron chi connectivity index (χ0n) is 15.4. The van der Waals surface area contributed by atoms with Crippen molar-refractivity contribution >= 4 is 11.8 Å². The van der Waals surface area contributed by atoms with E-state index in [0.29, 0.717) is 25.0 Å². The molecule has 2 aliphatic carbocycles. The number of nitrogens with zero attached hydrogens (tertiary/aromatic N) is 2. The van der Waals surface area contributed by atoms with Crippen LogP contribution in [0.5, 0.6) is 0 Å². The Balaban J connectivity index is 1.18. The lowest BCUT2D eigenvalue weighted by Crippen LogP contribution is -2.47. The van der Waals surface area contributed by atoms with Crippen molar-refractivity contribution in [1.29, 1.82) is 0 Å². The van der Waals surface area contributed by atoms with Crippen molar-refractivity contribution < 1.29 is 9.59 Å². The second kappa shape index (κ2) is 7.65. The first-order valence-electron chi connectivity index (χ1n) is 10.5. The number of hydrogen-bond acceptors (Lipinski definition) is 3. The van der Waals surface area contributed by atoms with Crippen LogP contribution in [0, 0.1) is 11.8 Å². The van der Waals surface area contributed by atoms with Gasteiger partial charge in [-0.15, -0.1) is 0 Å². The van der Waals surface area contributed by atoms with Crippen LogP contribution in [0.15, 0.2) is 0 Å². The molecule has 2 aliphatic heterocycles. The van der Waals surface area contributed by atoms with Gasteiger partial charge < -0.3 is 15.1 Å². The Morgan fingerprint density at radius 3 is 2.40 bits per heavy atom. The molecule has 1 atom stereocenters. The van der Waals surface area contributed by atoms with Gasteiger partial charge in [0.05, 0.1) is 5.92 Å². The number of nitrogens with one attached hydrogen (secondary N) is 1. The predicted octanol–water partition coefficient (Wildman–Crippen LogP) is 2.16. The molecule has 0 radical (unpaired) electrons. The van der Waals surface area contributed by atoms with Crippen molar-refractivity contribution in [2.45, 2.75) is 76.3 Å². The number of carbonyl (C=O) groups is 2. The maximum atomic E-state index is 12.5. The topological polar surface area (TPSA) is 52.7 Å². The van der Waals surface area contributed by atoms with Crippen LogP contribution in [-0.4, -0.2) is 59.9 Å². The zero-order chi connectivity index (χ0) is 17.2. The molecule has 2 amide bonds. The van der Waals surface area contributed by atoms with Crippen molar-refractivity contribution in [3.05, 3.63) is 0 Å². The number of carbonyl (C=O) groups excluding carboxylic acids is 2. The van der Waals surface area contributed by atoms with Gasteiger partial charge >= 0.3 is 0 Å². The van der Waals surface area contributed by atoms with Gasteiger partial charge in [-0.1, -0.05) is 19.3 Å². The molecule has 0 aromatic rings. The van der Waals surface area contributed by atoms with Crippen LogP contribution in [0.25, 0.3) is 0 Å². The summed E-state index contributed by atoms with van der Waals surface area (Å²) in [6, 6.07) is 0.744. The molecule has 0 aromatic carbocycles. The predicted molar refractivity (Wildman–Crippen MR) is 97.0 cm³/mol. The van der Waals surface area contributed by atoms with Gasteiger partial charge in [-0.3, -0.25) is 9.59 Å². The Labute approximate surface area is 151 Å². The van der Waals surface area contributed by atoms with E-state index in [1.807, 2.05) is 4.90 Å². The molecule has 4 fully saturated rings. The molecule has 2 saturated carbocycles. The summed E-state index contributed by atoms with van der Waals surface area (Å²) in [6.45, 7) is 4.13. The first kappa shape index (κ1) is 17.3. The molecule has 2 saturated heterocycles. The SMILES string of the molecule is O=C(NC1CCN(CC2CCCCC2)CC1)[C@H]1CC(=O)N(C2CC2)C1. The van der Waals surface area contributed by atoms with E-state index < -0.39 is 0 Å². The van der Waals surface area contributed by atoms with E-state index in [4.69, 9.17) is 0 Å². The van der Waals surface area contributed by atoms with Crippen LogP contribution in [0.2, 0.25) is 0 Å². The average molecular weight is 348 g/mol. The fourth-order valence-corrected chi connectivity index (χ4v) is 4.96. The van der Waals surface area contributed by atoms with Gasteiger partial charge in [0, 0.05) is 44.7 Å². The summed E-state index contributed by atoms with van der Waals surface area (Å²) in [4.78, 5) is 29.1. The number of rotatable bonds is 5. The third kappa shape index (κ3) is 4.36. The molecule has 5 heteroatoms. The highest BCUT2D eigenvalue weighted by Crippen LogP contribution is 2.32. The fourth-order valence-electron chi connectivity index (χ4n) is 4.96. The van der Waals surface area contributed by atoms with E-state index in [1.165, 1.54) is 38.6 Å². The lowest BCUT2D eigenvalue weighted by molar-refractivity contribution is -0.129. The molecule has 4 rings (SSSR count). The van der Waals surface area contributed by atoms with Crippen LogP contribution in [0.4, 0.5) is 0 Å². The summed E-state index contributed by atoms with van der Waals surface area (Å²) in [7, 11) is 0. The lowest BCUT2D eigenvalue weighted by Gasteiger charge is -2.35. The minimum atomic E-state index is -0.117. The molecule has 1 N–H and O–H groups in total. The molecule has 0 unspecified atom stereocenters. The van der Waals surface area contributed by atoms with E-state index >= 15 is 0 Å². The van der Waals surface area contributed by atoms with Gasteiger partial charge in [0.25, 0.3) is 0 Å². The van der Waals surface area contributed by atoms with Gasteiger partial charge in [-0.2, -0.15) is 0 Å². The van der Waals surface area contributed by atoms with Crippen molar-refractivity contribution in [2.24, 2.45) is 11.8 Å². The molecule has 0 bridgehead atoms.